The van der Waals surface area contributed by atoms with Gasteiger partial charge in [0.05, 0.1) is 36.0 Å². The first-order valence-corrected chi connectivity index (χ1v) is 12.1. The van der Waals surface area contributed by atoms with E-state index >= 15 is 0 Å². The van der Waals surface area contributed by atoms with Crippen LogP contribution in [0.1, 0.15) is 0 Å². The fourth-order valence-corrected chi connectivity index (χ4v) is 4.63. The Morgan fingerprint density at radius 2 is 2.06 bits per heavy atom. The molecule has 2 fully saturated rings. The van der Waals surface area contributed by atoms with Crippen LogP contribution >= 0.6 is 11.6 Å². The number of nitrogens with zero attached hydrogens (tertiary/aromatic N) is 3. The van der Waals surface area contributed by atoms with Crippen LogP contribution in [0.2, 0.25) is 5.02 Å². The summed E-state index contributed by atoms with van der Waals surface area (Å²) < 4.78 is 25.3. The van der Waals surface area contributed by atoms with E-state index in [2.05, 4.69) is 20.6 Å². The van der Waals surface area contributed by atoms with Crippen LogP contribution in [0.3, 0.4) is 0 Å². The number of likely N-dealkylation sites (N-methyl/N-ethyl adjacent to an activating group) is 1. The Bertz CT molecular complexity index is 1310. The Hall–Kier alpha value is -3.27. The largest absolute Gasteiger partial charge is 0.491 e. The molecular weight excluding hydrogens is 485 g/mol. The maximum atomic E-state index is 13.6. The highest BCUT2D eigenvalue weighted by Gasteiger charge is 2.54. The fourth-order valence-electron chi connectivity index (χ4n) is 4.45. The van der Waals surface area contributed by atoms with Crippen LogP contribution in [0.15, 0.2) is 48.8 Å². The van der Waals surface area contributed by atoms with Crippen LogP contribution < -0.4 is 15.4 Å². The van der Waals surface area contributed by atoms with Crippen LogP contribution in [-0.2, 0) is 9.53 Å². The number of carbonyl (C=O) groups is 1. The van der Waals surface area contributed by atoms with Gasteiger partial charge >= 0.3 is 0 Å². The van der Waals surface area contributed by atoms with Gasteiger partial charge in [0.15, 0.2) is 0 Å². The molecule has 8 nitrogen and oxygen atoms in total. The van der Waals surface area contributed by atoms with Gasteiger partial charge in [0.1, 0.15) is 23.7 Å². The van der Waals surface area contributed by atoms with E-state index in [1.54, 1.807) is 24.3 Å². The average molecular weight is 512 g/mol. The van der Waals surface area contributed by atoms with Crippen molar-refractivity contribution >= 4 is 45.6 Å². The first-order chi connectivity index (χ1) is 17.4. The van der Waals surface area contributed by atoms with Gasteiger partial charge in [-0.1, -0.05) is 17.7 Å². The van der Waals surface area contributed by atoms with Crippen molar-refractivity contribution in [2.75, 3.05) is 51.1 Å². The van der Waals surface area contributed by atoms with Crippen LogP contribution in [0, 0.1) is 23.6 Å². The van der Waals surface area contributed by atoms with Crippen molar-refractivity contribution < 1.29 is 18.7 Å². The van der Waals surface area contributed by atoms with Gasteiger partial charge in [0.25, 0.3) is 0 Å². The van der Waals surface area contributed by atoms with Crippen molar-refractivity contribution in [2.45, 2.75) is 0 Å². The van der Waals surface area contributed by atoms with Crippen molar-refractivity contribution in [2.24, 2.45) is 17.8 Å². The maximum Gasteiger partial charge on any atom is 0.248 e. The molecule has 2 aromatic carbocycles. The maximum absolute atomic E-state index is 13.6. The van der Waals surface area contributed by atoms with E-state index in [0.717, 1.165) is 13.2 Å². The quantitative estimate of drug-likeness (QED) is 0.409. The first-order valence-electron chi connectivity index (χ1n) is 11.7. The molecule has 0 bridgehead atoms. The Labute approximate surface area is 213 Å². The molecule has 3 aromatic rings. The zero-order valence-corrected chi connectivity index (χ0v) is 20.8. The summed E-state index contributed by atoms with van der Waals surface area (Å²) in [6.07, 6.45) is 4.72. The number of nitrogens with one attached hydrogen (secondary N) is 2. The molecule has 188 valence electrons. The molecule has 1 saturated heterocycles. The number of aromatic nitrogens is 2. The number of hydrogen-bond acceptors (Lipinski definition) is 7. The molecule has 2 heterocycles. The highest BCUT2D eigenvalue weighted by atomic mass is 35.5. The molecule has 1 amide bonds. The zero-order valence-electron chi connectivity index (χ0n) is 20.0. The van der Waals surface area contributed by atoms with Crippen LogP contribution in [0.4, 0.5) is 21.6 Å². The molecule has 36 heavy (non-hydrogen) atoms. The number of halogens is 2. The van der Waals surface area contributed by atoms with Gasteiger partial charge in [-0.05, 0) is 50.2 Å². The molecule has 1 unspecified atom stereocenters. The third-order valence-electron chi connectivity index (χ3n) is 6.48. The number of benzene rings is 2. The van der Waals surface area contributed by atoms with E-state index < -0.39 is 5.82 Å². The minimum absolute atomic E-state index is 0.00162. The number of amides is 1. The number of carbonyl (C=O) groups excluding carboxylic acids is 1. The number of rotatable bonds is 9. The van der Waals surface area contributed by atoms with Crippen molar-refractivity contribution in [3.05, 3.63) is 59.7 Å². The highest BCUT2D eigenvalue weighted by Crippen LogP contribution is 2.51. The molecular formula is C26H27ClFN5O3. The minimum Gasteiger partial charge on any atom is -0.491 e. The Balaban J connectivity index is 1.43. The molecule has 3 atom stereocenters. The lowest BCUT2D eigenvalue weighted by molar-refractivity contribution is -0.111. The van der Waals surface area contributed by atoms with Crippen molar-refractivity contribution in [3.8, 4) is 5.75 Å². The van der Waals surface area contributed by atoms with E-state index in [1.165, 1.54) is 24.5 Å². The summed E-state index contributed by atoms with van der Waals surface area (Å²) in [5.41, 5.74) is 1.72. The van der Waals surface area contributed by atoms with Gasteiger partial charge in [0, 0.05) is 35.7 Å². The standard InChI is InChI=1S/C26H27ClFN5O3/c1-33(2)7-3-4-25(34)32-23-9-16-22(10-24(23)36-13-19-17-11-35-12-18(17)19)29-14-30-26(16)31-15-5-6-21(28)20(27)8-15/h3-6,8-10,14,17-19H,7,11-13H2,1-2H3,(H,32,34)(H,29,30,31)/b4-3+/t17-,18+,19?. The Morgan fingerprint density at radius 1 is 1.25 bits per heavy atom. The summed E-state index contributed by atoms with van der Waals surface area (Å²) in [7, 11) is 3.86. The van der Waals surface area contributed by atoms with Crippen molar-refractivity contribution in [1.82, 2.24) is 14.9 Å². The van der Waals surface area contributed by atoms with Gasteiger partial charge in [-0.25, -0.2) is 14.4 Å². The minimum atomic E-state index is -0.504. The van der Waals surface area contributed by atoms with E-state index in [-0.39, 0.29) is 10.9 Å². The van der Waals surface area contributed by atoms with Crippen molar-refractivity contribution in [3.63, 3.8) is 0 Å². The van der Waals surface area contributed by atoms with E-state index in [9.17, 15) is 9.18 Å². The van der Waals surface area contributed by atoms with E-state index in [1.807, 2.05) is 19.0 Å². The van der Waals surface area contributed by atoms with Crippen molar-refractivity contribution in [1.29, 1.82) is 0 Å². The van der Waals surface area contributed by atoms with Gasteiger partial charge in [-0.15, -0.1) is 0 Å². The SMILES string of the molecule is CN(C)C/C=C/C(=O)Nc1cc2c(Nc3ccc(F)c(Cl)c3)ncnc2cc1OCC1[C@H]2COC[C@@H]12. The Kier molecular flexibility index (Phi) is 7.04. The second-order valence-electron chi connectivity index (χ2n) is 9.34. The van der Waals surface area contributed by atoms with Gasteiger partial charge < -0.3 is 25.0 Å². The van der Waals surface area contributed by atoms with Gasteiger partial charge in [-0.2, -0.15) is 0 Å². The molecule has 1 aromatic heterocycles. The second kappa shape index (κ2) is 10.4. The number of hydrogen-bond donors (Lipinski definition) is 2. The monoisotopic (exact) mass is 511 g/mol. The first kappa shape index (κ1) is 24.4. The topological polar surface area (TPSA) is 88.6 Å². The molecule has 10 heteroatoms. The normalized spacial score (nSPS) is 20.6. The zero-order chi connectivity index (χ0) is 25.2. The van der Waals surface area contributed by atoms with Gasteiger partial charge in [-0.3, -0.25) is 4.79 Å². The third kappa shape index (κ3) is 5.43. The predicted octanol–water partition coefficient (Wildman–Crippen LogP) is 4.49. The number of anilines is 3. The lowest BCUT2D eigenvalue weighted by atomic mass is 10.1. The molecule has 1 saturated carbocycles. The van der Waals surface area contributed by atoms with E-state index in [4.69, 9.17) is 21.1 Å². The summed E-state index contributed by atoms with van der Waals surface area (Å²) in [4.78, 5) is 23.4. The molecule has 0 spiro atoms. The Morgan fingerprint density at radius 3 is 2.81 bits per heavy atom. The number of ether oxygens (including phenoxy) is 2. The summed E-state index contributed by atoms with van der Waals surface area (Å²) in [6, 6.07) is 7.92. The second-order valence-corrected chi connectivity index (χ2v) is 9.74. The molecule has 2 N–H and O–H groups in total. The van der Waals surface area contributed by atoms with Crippen LogP contribution in [0.5, 0.6) is 5.75 Å². The lowest BCUT2D eigenvalue weighted by Gasteiger charge is -2.16. The van der Waals surface area contributed by atoms with E-state index in [0.29, 0.717) is 64.8 Å². The summed E-state index contributed by atoms with van der Waals surface area (Å²) in [5.74, 6) is 1.82. The molecule has 2 aliphatic rings. The van der Waals surface area contributed by atoms with Gasteiger partial charge in [0.2, 0.25) is 5.91 Å². The molecule has 0 radical (unpaired) electrons. The number of fused-ring (bicyclic) bond motifs is 2. The summed E-state index contributed by atoms with van der Waals surface area (Å²) >= 11 is 5.93. The fraction of sp³-hybridized carbons (Fsp3) is 0.346. The van der Waals surface area contributed by atoms with Crippen LogP contribution in [0.25, 0.3) is 10.9 Å². The average Bonchev–Trinajstić information content (AvgIpc) is 3.26. The summed E-state index contributed by atoms with van der Waals surface area (Å²) in [5, 5.41) is 6.75. The summed E-state index contributed by atoms with van der Waals surface area (Å²) in [6.45, 7) is 2.76. The molecule has 1 aliphatic carbocycles. The molecule has 5 rings (SSSR count). The highest BCUT2D eigenvalue weighted by molar-refractivity contribution is 6.31. The lowest BCUT2D eigenvalue weighted by Crippen LogP contribution is -2.14. The van der Waals surface area contributed by atoms with Crippen LogP contribution in [-0.4, -0.2) is 61.2 Å². The smallest absolute Gasteiger partial charge is 0.248 e. The molecule has 1 aliphatic heterocycles. The third-order valence-corrected chi connectivity index (χ3v) is 6.77. The predicted molar refractivity (Wildman–Crippen MR) is 137 cm³/mol.